The van der Waals surface area contributed by atoms with Crippen LogP contribution in [0.5, 0.6) is 0 Å². The van der Waals surface area contributed by atoms with Gasteiger partial charge in [-0.3, -0.25) is 4.79 Å². The van der Waals surface area contributed by atoms with Gasteiger partial charge in [0, 0.05) is 11.6 Å². The summed E-state index contributed by atoms with van der Waals surface area (Å²) in [5.41, 5.74) is 4.84. The van der Waals surface area contributed by atoms with Gasteiger partial charge in [0.05, 0.1) is 5.54 Å². The van der Waals surface area contributed by atoms with Gasteiger partial charge in [-0.05, 0) is 19.8 Å². The van der Waals surface area contributed by atoms with Crippen LogP contribution in [0.25, 0.3) is 0 Å². The van der Waals surface area contributed by atoms with Crippen LogP contribution in [0.2, 0.25) is 0 Å². The molecule has 0 saturated carbocycles. The molecule has 1 fully saturated rings. The fourth-order valence-electron chi connectivity index (χ4n) is 2.06. The maximum absolute atomic E-state index is 11.5. The highest BCUT2D eigenvalue weighted by atomic mass is 35.5. The van der Waals surface area contributed by atoms with Gasteiger partial charge in [-0.15, -0.1) is 11.6 Å². The predicted molar refractivity (Wildman–Crippen MR) is 71.5 cm³/mol. The molecule has 2 N–H and O–H groups in total. The van der Waals surface area contributed by atoms with Gasteiger partial charge in [-0.2, -0.15) is 0 Å². The number of primary amides is 1. The number of thioether (sulfide) groups is 1. The van der Waals surface area contributed by atoms with Crippen molar-refractivity contribution < 1.29 is 9.59 Å². The maximum Gasteiger partial charge on any atom is 0.322 e. The highest BCUT2D eigenvalue weighted by molar-refractivity contribution is 8.14. The molecule has 1 atom stereocenters. The van der Waals surface area contributed by atoms with Crippen molar-refractivity contribution in [2.24, 2.45) is 5.73 Å². The van der Waals surface area contributed by atoms with Crippen LogP contribution in [-0.2, 0) is 0 Å². The van der Waals surface area contributed by atoms with Crippen molar-refractivity contribution >= 4 is 34.6 Å². The molecule has 1 heterocycles. The summed E-state index contributed by atoms with van der Waals surface area (Å²) in [6.45, 7) is 1.93. The Morgan fingerprint density at radius 1 is 1.47 bits per heavy atom. The van der Waals surface area contributed by atoms with Gasteiger partial charge in [0.15, 0.2) is 0 Å². The molecule has 1 rings (SSSR count). The number of carbonyl (C=O) groups excluding carboxylic acids is 2. The molecule has 1 aliphatic heterocycles. The fourth-order valence-corrected chi connectivity index (χ4v) is 3.40. The lowest BCUT2D eigenvalue weighted by molar-refractivity contribution is 0.164. The first-order chi connectivity index (χ1) is 8.01. The minimum absolute atomic E-state index is 0.222. The van der Waals surface area contributed by atoms with Gasteiger partial charge in [0.25, 0.3) is 5.24 Å². The molecule has 1 saturated heterocycles. The number of nitrogens with two attached hydrogens (primary N) is 1. The smallest absolute Gasteiger partial charge is 0.322 e. The van der Waals surface area contributed by atoms with E-state index in [2.05, 4.69) is 0 Å². The minimum Gasteiger partial charge on any atom is -0.351 e. The Morgan fingerprint density at radius 2 is 2.12 bits per heavy atom. The summed E-state index contributed by atoms with van der Waals surface area (Å²) in [6, 6.07) is -0.636. The molecule has 3 amide bonds. The Labute approximate surface area is 111 Å². The van der Waals surface area contributed by atoms with Crippen LogP contribution >= 0.6 is 23.4 Å². The van der Waals surface area contributed by atoms with Crippen molar-refractivity contribution in [1.82, 2.24) is 4.90 Å². The number of nitrogens with zero attached hydrogens (tertiary/aromatic N) is 1. The van der Waals surface area contributed by atoms with Crippen molar-refractivity contribution in [2.75, 3.05) is 11.6 Å². The van der Waals surface area contributed by atoms with Crippen LogP contribution in [0.3, 0.4) is 0 Å². The third-order valence-electron chi connectivity index (χ3n) is 3.05. The number of imide groups is 1. The van der Waals surface area contributed by atoms with Crippen molar-refractivity contribution in [1.29, 1.82) is 0 Å². The number of halogens is 1. The van der Waals surface area contributed by atoms with Gasteiger partial charge in [-0.25, -0.2) is 9.69 Å². The molecule has 1 unspecified atom stereocenters. The van der Waals surface area contributed by atoms with E-state index >= 15 is 0 Å². The van der Waals surface area contributed by atoms with E-state index in [1.165, 1.54) is 16.7 Å². The van der Waals surface area contributed by atoms with Gasteiger partial charge < -0.3 is 5.73 Å². The van der Waals surface area contributed by atoms with E-state index in [1.807, 2.05) is 6.92 Å². The van der Waals surface area contributed by atoms with E-state index in [-0.39, 0.29) is 5.24 Å². The average molecular weight is 279 g/mol. The third kappa shape index (κ3) is 3.78. The molecule has 98 valence electrons. The molecular formula is C11H19ClN2O2S. The van der Waals surface area contributed by atoms with Gasteiger partial charge >= 0.3 is 6.03 Å². The summed E-state index contributed by atoms with van der Waals surface area (Å²) in [4.78, 5) is 24.0. The van der Waals surface area contributed by atoms with E-state index in [1.54, 1.807) is 0 Å². The van der Waals surface area contributed by atoms with E-state index < -0.39 is 11.6 Å². The van der Waals surface area contributed by atoms with Crippen LogP contribution in [0.1, 0.15) is 39.0 Å². The zero-order chi connectivity index (χ0) is 12.9. The molecule has 0 aliphatic carbocycles. The first kappa shape index (κ1) is 14.6. The van der Waals surface area contributed by atoms with Gasteiger partial charge in [0.2, 0.25) is 0 Å². The highest BCUT2D eigenvalue weighted by Crippen LogP contribution is 2.36. The molecule has 0 aromatic rings. The van der Waals surface area contributed by atoms with Crippen LogP contribution in [0.15, 0.2) is 0 Å². The number of urea groups is 1. The first-order valence-electron chi connectivity index (χ1n) is 5.83. The summed E-state index contributed by atoms with van der Waals surface area (Å²) in [5.74, 6) is 1.34. The lowest BCUT2D eigenvalue weighted by Gasteiger charge is -2.31. The number of alkyl halides is 1. The Hall–Kier alpha value is -0.420. The number of hydrogen-bond acceptors (Lipinski definition) is 3. The lowest BCUT2D eigenvalue weighted by Crippen LogP contribution is -2.50. The Balaban J connectivity index is 2.44. The van der Waals surface area contributed by atoms with Crippen molar-refractivity contribution in [2.45, 2.75) is 44.6 Å². The number of carbonyl (C=O) groups is 2. The summed E-state index contributed by atoms with van der Waals surface area (Å²) < 4.78 is 0. The lowest BCUT2D eigenvalue weighted by atomic mass is 9.95. The fraction of sp³-hybridized carbons (Fsp3) is 0.818. The maximum atomic E-state index is 11.5. The summed E-state index contributed by atoms with van der Waals surface area (Å²) in [5, 5.41) is -0.222. The molecule has 4 nitrogen and oxygen atoms in total. The Bertz CT molecular complexity index is 301. The first-order valence-corrected chi connectivity index (χ1v) is 7.36. The topological polar surface area (TPSA) is 63.4 Å². The SMILES string of the molecule is CC1(CCCCCCCl)CSC(=O)N1C(N)=O. The number of amides is 3. The molecule has 1 aliphatic rings. The number of hydrogen-bond donors (Lipinski definition) is 1. The molecule has 0 bridgehead atoms. The van der Waals surface area contributed by atoms with Crippen LogP contribution in [-0.4, -0.2) is 33.3 Å². The monoisotopic (exact) mass is 278 g/mol. The second-order valence-corrected chi connectivity index (χ2v) is 5.88. The van der Waals surface area contributed by atoms with Gasteiger partial charge in [0.1, 0.15) is 0 Å². The Kier molecular flexibility index (Phi) is 5.59. The third-order valence-corrected chi connectivity index (χ3v) is 4.51. The van der Waals surface area contributed by atoms with Crippen molar-refractivity contribution in [3.05, 3.63) is 0 Å². The summed E-state index contributed by atoms with van der Waals surface area (Å²) in [7, 11) is 0. The molecule has 0 aromatic heterocycles. The number of unbranched alkanes of at least 4 members (excludes halogenated alkanes) is 3. The molecule has 0 spiro atoms. The Morgan fingerprint density at radius 3 is 2.71 bits per heavy atom. The quantitative estimate of drug-likeness (QED) is 0.599. The largest absolute Gasteiger partial charge is 0.351 e. The second-order valence-electron chi connectivity index (χ2n) is 4.58. The molecular weight excluding hydrogens is 260 g/mol. The van der Waals surface area contributed by atoms with Crippen LogP contribution in [0.4, 0.5) is 9.59 Å². The summed E-state index contributed by atoms with van der Waals surface area (Å²) in [6.07, 6.45) is 5.00. The highest BCUT2D eigenvalue weighted by Gasteiger charge is 2.44. The van der Waals surface area contributed by atoms with Gasteiger partial charge in [-0.1, -0.05) is 31.0 Å². The zero-order valence-electron chi connectivity index (χ0n) is 10.1. The molecule has 6 heteroatoms. The van der Waals surface area contributed by atoms with Crippen LogP contribution < -0.4 is 5.73 Å². The molecule has 17 heavy (non-hydrogen) atoms. The van der Waals surface area contributed by atoms with E-state index in [4.69, 9.17) is 17.3 Å². The zero-order valence-corrected chi connectivity index (χ0v) is 11.6. The molecule has 0 aromatic carbocycles. The normalized spacial score (nSPS) is 24.4. The van der Waals surface area contributed by atoms with Crippen LogP contribution in [0, 0.1) is 0 Å². The minimum atomic E-state index is -0.636. The molecule has 0 radical (unpaired) electrons. The number of rotatable bonds is 6. The van der Waals surface area contributed by atoms with E-state index in [0.717, 1.165) is 32.1 Å². The summed E-state index contributed by atoms with van der Waals surface area (Å²) >= 11 is 6.78. The van der Waals surface area contributed by atoms with Crippen molar-refractivity contribution in [3.63, 3.8) is 0 Å². The standard InChI is InChI=1S/C11H19ClN2O2S/c1-11(6-4-2-3-5-7-12)8-17-10(16)14(11)9(13)15/h2-8H2,1H3,(H2,13,15). The van der Waals surface area contributed by atoms with E-state index in [0.29, 0.717) is 11.6 Å². The second kappa shape index (κ2) is 6.50. The average Bonchev–Trinajstić information content (AvgIpc) is 2.55. The van der Waals surface area contributed by atoms with E-state index in [9.17, 15) is 9.59 Å². The van der Waals surface area contributed by atoms with Crippen molar-refractivity contribution in [3.8, 4) is 0 Å². The predicted octanol–water partition coefficient (Wildman–Crippen LogP) is 3.18.